The number of halogens is 1. The first-order chi connectivity index (χ1) is 5.77. The van der Waals surface area contributed by atoms with Crippen molar-refractivity contribution in [2.45, 2.75) is 18.9 Å². The Bertz CT molecular complexity index is 264. The number of hydrogen-bond acceptors (Lipinski definition) is 1. The molecular formula is C10H12IN. The first-order valence-electron chi connectivity index (χ1n) is 4.28. The van der Waals surface area contributed by atoms with Crippen molar-refractivity contribution in [3.05, 3.63) is 33.4 Å². The summed E-state index contributed by atoms with van der Waals surface area (Å²) in [5.41, 5.74) is 7.34. The summed E-state index contributed by atoms with van der Waals surface area (Å²) in [6.45, 7) is 0. The molecule has 2 N–H and O–H groups in total. The molecule has 0 heterocycles. The van der Waals surface area contributed by atoms with E-state index >= 15 is 0 Å². The van der Waals surface area contributed by atoms with E-state index in [-0.39, 0.29) is 6.04 Å². The van der Waals surface area contributed by atoms with Crippen molar-refractivity contribution in [3.63, 3.8) is 0 Å². The molecule has 0 amide bonds. The third-order valence-electron chi connectivity index (χ3n) is 2.38. The van der Waals surface area contributed by atoms with Gasteiger partial charge in [-0.3, -0.25) is 0 Å². The number of hydrogen-bond donors (Lipinski definition) is 1. The molecule has 2 rings (SSSR count). The Kier molecular flexibility index (Phi) is 2.37. The first-order valence-corrected chi connectivity index (χ1v) is 5.36. The van der Waals surface area contributed by atoms with Crippen LogP contribution in [0, 0.1) is 9.49 Å². The Balaban J connectivity index is 2.16. The van der Waals surface area contributed by atoms with Crippen LogP contribution in [0.5, 0.6) is 0 Å². The number of rotatable bonds is 2. The van der Waals surface area contributed by atoms with Crippen molar-refractivity contribution in [3.8, 4) is 0 Å². The molecule has 0 aliphatic heterocycles. The van der Waals surface area contributed by atoms with Gasteiger partial charge in [0.05, 0.1) is 0 Å². The lowest BCUT2D eigenvalue weighted by Crippen LogP contribution is -2.11. The van der Waals surface area contributed by atoms with E-state index in [1.807, 2.05) is 0 Å². The van der Waals surface area contributed by atoms with Crippen LogP contribution in [0.15, 0.2) is 24.3 Å². The van der Waals surface area contributed by atoms with Crippen molar-refractivity contribution in [2.75, 3.05) is 0 Å². The van der Waals surface area contributed by atoms with Gasteiger partial charge in [-0.1, -0.05) is 12.1 Å². The van der Waals surface area contributed by atoms with Gasteiger partial charge in [0, 0.05) is 9.61 Å². The average molecular weight is 273 g/mol. The monoisotopic (exact) mass is 273 g/mol. The summed E-state index contributed by atoms with van der Waals surface area (Å²) in [7, 11) is 0. The lowest BCUT2D eigenvalue weighted by Gasteiger charge is -2.09. The zero-order valence-corrected chi connectivity index (χ0v) is 8.99. The van der Waals surface area contributed by atoms with Gasteiger partial charge in [0.25, 0.3) is 0 Å². The van der Waals surface area contributed by atoms with Crippen molar-refractivity contribution in [2.24, 2.45) is 11.7 Å². The van der Waals surface area contributed by atoms with Gasteiger partial charge in [0.2, 0.25) is 0 Å². The molecule has 1 aromatic rings. The zero-order valence-electron chi connectivity index (χ0n) is 6.83. The fraction of sp³-hybridized carbons (Fsp3) is 0.400. The highest BCUT2D eigenvalue weighted by Crippen LogP contribution is 2.39. The van der Waals surface area contributed by atoms with Crippen molar-refractivity contribution in [1.82, 2.24) is 0 Å². The number of benzene rings is 1. The van der Waals surface area contributed by atoms with Gasteiger partial charge in [-0.25, -0.2) is 0 Å². The van der Waals surface area contributed by atoms with Crippen LogP contribution in [-0.2, 0) is 0 Å². The maximum Gasteiger partial charge on any atom is 0.0323 e. The predicted molar refractivity (Wildman–Crippen MR) is 58.8 cm³/mol. The highest BCUT2D eigenvalue weighted by atomic mass is 127. The van der Waals surface area contributed by atoms with Crippen LogP contribution in [0.3, 0.4) is 0 Å². The summed E-state index contributed by atoms with van der Waals surface area (Å²) in [6.07, 6.45) is 2.63. The standard InChI is InChI=1S/C10H12IN/c11-9-5-3-8(4-6-9)10(12)7-1-2-7/h3-7,10H,1-2,12H2. The molecule has 1 aliphatic rings. The molecule has 1 aliphatic carbocycles. The maximum atomic E-state index is 6.05. The van der Waals surface area contributed by atoms with Crippen LogP contribution in [0.4, 0.5) is 0 Å². The van der Waals surface area contributed by atoms with Crippen LogP contribution in [-0.4, -0.2) is 0 Å². The van der Waals surface area contributed by atoms with Gasteiger partial charge in [0.15, 0.2) is 0 Å². The van der Waals surface area contributed by atoms with E-state index in [0.717, 1.165) is 5.92 Å². The molecule has 64 valence electrons. The lowest BCUT2D eigenvalue weighted by atomic mass is 10.0. The molecule has 1 saturated carbocycles. The summed E-state index contributed by atoms with van der Waals surface area (Å²) in [6, 6.07) is 8.81. The van der Waals surface area contributed by atoms with E-state index in [1.54, 1.807) is 0 Å². The minimum Gasteiger partial charge on any atom is -0.324 e. The Morgan fingerprint density at radius 1 is 1.25 bits per heavy atom. The molecule has 1 unspecified atom stereocenters. The van der Waals surface area contributed by atoms with Crippen molar-refractivity contribution in [1.29, 1.82) is 0 Å². The summed E-state index contributed by atoms with van der Waals surface area (Å²) in [5, 5.41) is 0. The van der Waals surface area contributed by atoms with E-state index in [1.165, 1.54) is 22.0 Å². The third-order valence-corrected chi connectivity index (χ3v) is 3.10. The fourth-order valence-corrected chi connectivity index (χ4v) is 1.77. The second kappa shape index (κ2) is 3.34. The highest BCUT2D eigenvalue weighted by molar-refractivity contribution is 14.1. The van der Waals surface area contributed by atoms with Crippen LogP contribution in [0.2, 0.25) is 0 Å². The molecule has 1 nitrogen and oxygen atoms in total. The highest BCUT2D eigenvalue weighted by Gasteiger charge is 2.29. The average Bonchev–Trinajstić information content (AvgIpc) is 2.87. The lowest BCUT2D eigenvalue weighted by molar-refractivity contribution is 0.633. The van der Waals surface area contributed by atoms with Gasteiger partial charge in [0.1, 0.15) is 0 Å². The Labute approximate surface area is 86.5 Å². The largest absolute Gasteiger partial charge is 0.324 e. The molecular weight excluding hydrogens is 261 g/mol. The topological polar surface area (TPSA) is 26.0 Å². The molecule has 1 aromatic carbocycles. The minimum atomic E-state index is 0.280. The van der Waals surface area contributed by atoms with Gasteiger partial charge in [-0.05, 0) is 59.0 Å². The molecule has 0 radical (unpaired) electrons. The Morgan fingerprint density at radius 2 is 1.83 bits per heavy atom. The van der Waals surface area contributed by atoms with E-state index < -0.39 is 0 Å². The summed E-state index contributed by atoms with van der Waals surface area (Å²) in [4.78, 5) is 0. The predicted octanol–water partition coefficient (Wildman–Crippen LogP) is 2.70. The van der Waals surface area contributed by atoms with Crippen LogP contribution < -0.4 is 5.73 Å². The maximum absolute atomic E-state index is 6.05. The zero-order chi connectivity index (χ0) is 8.55. The van der Waals surface area contributed by atoms with Crippen molar-refractivity contribution < 1.29 is 0 Å². The first kappa shape index (κ1) is 8.51. The molecule has 12 heavy (non-hydrogen) atoms. The quantitative estimate of drug-likeness (QED) is 0.824. The second-order valence-electron chi connectivity index (χ2n) is 3.41. The molecule has 1 atom stereocenters. The van der Waals surface area contributed by atoms with Gasteiger partial charge < -0.3 is 5.73 Å². The normalized spacial score (nSPS) is 19.2. The summed E-state index contributed by atoms with van der Waals surface area (Å²) in [5.74, 6) is 0.755. The van der Waals surface area contributed by atoms with E-state index in [4.69, 9.17) is 5.73 Å². The van der Waals surface area contributed by atoms with Crippen LogP contribution in [0.25, 0.3) is 0 Å². The molecule has 0 spiro atoms. The van der Waals surface area contributed by atoms with Gasteiger partial charge in [-0.15, -0.1) is 0 Å². The second-order valence-corrected chi connectivity index (χ2v) is 4.66. The molecule has 0 aromatic heterocycles. The molecule has 2 heteroatoms. The molecule has 1 fully saturated rings. The molecule has 0 saturated heterocycles. The van der Waals surface area contributed by atoms with Crippen molar-refractivity contribution >= 4 is 22.6 Å². The summed E-state index contributed by atoms with van der Waals surface area (Å²) < 4.78 is 1.28. The fourth-order valence-electron chi connectivity index (χ4n) is 1.41. The van der Waals surface area contributed by atoms with Gasteiger partial charge >= 0.3 is 0 Å². The molecule has 0 bridgehead atoms. The van der Waals surface area contributed by atoms with Crippen LogP contribution in [0.1, 0.15) is 24.4 Å². The Hall–Kier alpha value is -0.0900. The number of nitrogens with two attached hydrogens (primary N) is 1. The smallest absolute Gasteiger partial charge is 0.0323 e. The summed E-state index contributed by atoms with van der Waals surface area (Å²) >= 11 is 2.31. The Morgan fingerprint density at radius 3 is 2.33 bits per heavy atom. The van der Waals surface area contributed by atoms with Gasteiger partial charge in [-0.2, -0.15) is 0 Å². The SMILES string of the molecule is NC(c1ccc(I)cc1)C1CC1. The van der Waals surface area contributed by atoms with E-state index in [9.17, 15) is 0 Å². The van der Waals surface area contributed by atoms with E-state index in [0.29, 0.717) is 0 Å². The third kappa shape index (κ3) is 1.80. The van der Waals surface area contributed by atoms with E-state index in [2.05, 4.69) is 46.9 Å². The van der Waals surface area contributed by atoms with Crippen LogP contribution >= 0.6 is 22.6 Å². The minimum absolute atomic E-state index is 0.280.